The van der Waals surface area contributed by atoms with Crippen LogP contribution in [-0.2, 0) is 4.74 Å². The molecular weight excluding hydrogens is 174 g/mol. The lowest BCUT2D eigenvalue weighted by Crippen LogP contribution is -2.33. The molecule has 2 heteroatoms. The molecule has 0 bridgehead atoms. The summed E-state index contributed by atoms with van der Waals surface area (Å²) in [5.41, 5.74) is 0.576. The minimum absolute atomic E-state index is 0.576. The van der Waals surface area contributed by atoms with Crippen LogP contribution >= 0.6 is 0 Å². The molecule has 1 saturated carbocycles. The molecule has 1 atom stereocenters. The number of hydrogen-bond acceptors (Lipinski definition) is 2. The highest BCUT2D eigenvalue weighted by atomic mass is 16.5. The van der Waals surface area contributed by atoms with Gasteiger partial charge in [0, 0.05) is 20.3 Å². The number of nitrogens with one attached hydrogen (secondary N) is 1. The summed E-state index contributed by atoms with van der Waals surface area (Å²) < 4.78 is 5.11. The predicted octanol–water partition coefficient (Wildman–Crippen LogP) is 2.44. The van der Waals surface area contributed by atoms with Crippen molar-refractivity contribution in [1.29, 1.82) is 0 Å². The molecule has 0 spiro atoms. The van der Waals surface area contributed by atoms with Crippen LogP contribution in [0.1, 0.15) is 39.5 Å². The molecule has 0 aromatic heterocycles. The van der Waals surface area contributed by atoms with Crippen molar-refractivity contribution in [2.75, 3.05) is 26.8 Å². The van der Waals surface area contributed by atoms with Crippen LogP contribution in [0.15, 0.2) is 0 Å². The molecule has 0 heterocycles. The summed E-state index contributed by atoms with van der Waals surface area (Å²) in [5, 5.41) is 3.57. The molecule has 1 rings (SSSR count). The van der Waals surface area contributed by atoms with E-state index in [-0.39, 0.29) is 0 Å². The quantitative estimate of drug-likeness (QED) is 0.709. The molecule has 1 fully saturated rings. The highest BCUT2D eigenvalue weighted by molar-refractivity contribution is 4.82. The Kier molecular flexibility index (Phi) is 4.90. The van der Waals surface area contributed by atoms with Gasteiger partial charge >= 0.3 is 0 Å². The van der Waals surface area contributed by atoms with Gasteiger partial charge in [0.1, 0.15) is 0 Å². The van der Waals surface area contributed by atoms with Crippen molar-refractivity contribution >= 4 is 0 Å². The summed E-state index contributed by atoms with van der Waals surface area (Å²) in [5.74, 6) is 0.630. The SMILES string of the molecule is COCC(C)CNCC1(C)CCCC1. The van der Waals surface area contributed by atoms with Gasteiger partial charge < -0.3 is 10.1 Å². The standard InChI is InChI=1S/C12H25NO/c1-11(9-14-3)8-13-10-12(2)6-4-5-7-12/h11,13H,4-10H2,1-3H3. The fourth-order valence-corrected chi connectivity index (χ4v) is 2.37. The monoisotopic (exact) mass is 199 g/mol. The molecule has 0 radical (unpaired) electrons. The molecule has 0 amide bonds. The predicted molar refractivity (Wildman–Crippen MR) is 60.5 cm³/mol. The summed E-state index contributed by atoms with van der Waals surface area (Å²) in [6.07, 6.45) is 5.65. The zero-order chi connectivity index (χ0) is 10.4. The molecule has 2 nitrogen and oxygen atoms in total. The van der Waals surface area contributed by atoms with Crippen LogP contribution in [0.5, 0.6) is 0 Å². The molecule has 84 valence electrons. The van der Waals surface area contributed by atoms with Crippen LogP contribution in [-0.4, -0.2) is 26.8 Å². The zero-order valence-corrected chi connectivity index (χ0v) is 9.94. The summed E-state index contributed by atoms with van der Waals surface area (Å²) in [7, 11) is 1.77. The van der Waals surface area contributed by atoms with Crippen LogP contribution in [0.2, 0.25) is 0 Å². The summed E-state index contributed by atoms with van der Waals surface area (Å²) in [4.78, 5) is 0. The van der Waals surface area contributed by atoms with Gasteiger partial charge in [-0.3, -0.25) is 0 Å². The van der Waals surface area contributed by atoms with Gasteiger partial charge in [-0.25, -0.2) is 0 Å². The van der Waals surface area contributed by atoms with Gasteiger partial charge in [-0.1, -0.05) is 26.7 Å². The van der Waals surface area contributed by atoms with Gasteiger partial charge in [-0.15, -0.1) is 0 Å². The summed E-state index contributed by atoms with van der Waals surface area (Å²) in [6.45, 7) is 7.77. The molecule has 1 aliphatic rings. The third-order valence-corrected chi connectivity index (χ3v) is 3.31. The largest absolute Gasteiger partial charge is 0.384 e. The van der Waals surface area contributed by atoms with Gasteiger partial charge in [0.05, 0.1) is 0 Å². The van der Waals surface area contributed by atoms with E-state index < -0.39 is 0 Å². The maximum absolute atomic E-state index is 5.11. The number of ether oxygens (including phenoxy) is 1. The molecular formula is C12H25NO. The second-order valence-electron chi connectivity index (χ2n) is 5.21. The van der Waals surface area contributed by atoms with Crippen LogP contribution < -0.4 is 5.32 Å². The molecule has 1 aliphatic carbocycles. The van der Waals surface area contributed by atoms with E-state index >= 15 is 0 Å². The van der Waals surface area contributed by atoms with Gasteiger partial charge in [0.2, 0.25) is 0 Å². The first kappa shape index (κ1) is 12.0. The molecule has 1 N–H and O–H groups in total. The highest BCUT2D eigenvalue weighted by Crippen LogP contribution is 2.36. The van der Waals surface area contributed by atoms with Crippen molar-refractivity contribution in [3.63, 3.8) is 0 Å². The van der Waals surface area contributed by atoms with Crippen molar-refractivity contribution in [1.82, 2.24) is 5.32 Å². The molecule has 0 aromatic carbocycles. The van der Waals surface area contributed by atoms with Crippen LogP contribution in [0, 0.1) is 11.3 Å². The molecule has 14 heavy (non-hydrogen) atoms. The van der Waals surface area contributed by atoms with Crippen LogP contribution in [0.4, 0.5) is 0 Å². The Morgan fingerprint density at radius 3 is 2.57 bits per heavy atom. The molecule has 0 saturated heterocycles. The van der Waals surface area contributed by atoms with E-state index in [1.807, 2.05) is 0 Å². The summed E-state index contributed by atoms with van der Waals surface area (Å²) in [6, 6.07) is 0. The molecule has 0 aliphatic heterocycles. The Labute approximate surface area is 88.4 Å². The lowest BCUT2D eigenvalue weighted by molar-refractivity contribution is 0.156. The van der Waals surface area contributed by atoms with Crippen molar-refractivity contribution < 1.29 is 4.74 Å². The van der Waals surface area contributed by atoms with E-state index in [2.05, 4.69) is 19.2 Å². The minimum Gasteiger partial charge on any atom is -0.384 e. The van der Waals surface area contributed by atoms with Gasteiger partial charge in [0.15, 0.2) is 0 Å². The topological polar surface area (TPSA) is 21.3 Å². The lowest BCUT2D eigenvalue weighted by Gasteiger charge is -2.24. The average molecular weight is 199 g/mol. The maximum Gasteiger partial charge on any atom is 0.0499 e. The van der Waals surface area contributed by atoms with Gasteiger partial charge in [-0.05, 0) is 30.7 Å². The van der Waals surface area contributed by atoms with E-state index in [0.29, 0.717) is 11.3 Å². The second-order valence-corrected chi connectivity index (χ2v) is 5.21. The van der Waals surface area contributed by atoms with E-state index in [0.717, 1.165) is 13.2 Å². The first-order chi connectivity index (χ1) is 6.66. The Morgan fingerprint density at radius 2 is 2.00 bits per heavy atom. The second kappa shape index (κ2) is 5.72. The minimum atomic E-state index is 0.576. The van der Waals surface area contributed by atoms with E-state index in [9.17, 15) is 0 Å². The first-order valence-corrected chi connectivity index (χ1v) is 5.86. The number of rotatable bonds is 6. The smallest absolute Gasteiger partial charge is 0.0499 e. The van der Waals surface area contributed by atoms with E-state index in [1.54, 1.807) is 7.11 Å². The van der Waals surface area contributed by atoms with Crippen molar-refractivity contribution in [2.24, 2.45) is 11.3 Å². The normalized spacial score (nSPS) is 22.5. The molecule has 1 unspecified atom stereocenters. The lowest BCUT2D eigenvalue weighted by atomic mass is 9.89. The van der Waals surface area contributed by atoms with Crippen molar-refractivity contribution in [3.8, 4) is 0 Å². The average Bonchev–Trinajstić information content (AvgIpc) is 2.53. The number of hydrogen-bond donors (Lipinski definition) is 1. The fourth-order valence-electron chi connectivity index (χ4n) is 2.37. The zero-order valence-electron chi connectivity index (χ0n) is 9.94. The number of methoxy groups -OCH3 is 1. The third kappa shape index (κ3) is 3.97. The van der Waals surface area contributed by atoms with Gasteiger partial charge in [-0.2, -0.15) is 0 Å². The summed E-state index contributed by atoms with van der Waals surface area (Å²) >= 11 is 0. The van der Waals surface area contributed by atoms with Crippen LogP contribution in [0.25, 0.3) is 0 Å². The third-order valence-electron chi connectivity index (χ3n) is 3.31. The van der Waals surface area contributed by atoms with Gasteiger partial charge in [0.25, 0.3) is 0 Å². The Morgan fingerprint density at radius 1 is 1.36 bits per heavy atom. The first-order valence-electron chi connectivity index (χ1n) is 5.86. The van der Waals surface area contributed by atoms with Crippen LogP contribution in [0.3, 0.4) is 0 Å². The fraction of sp³-hybridized carbons (Fsp3) is 1.00. The highest BCUT2D eigenvalue weighted by Gasteiger charge is 2.27. The van der Waals surface area contributed by atoms with Crippen molar-refractivity contribution in [2.45, 2.75) is 39.5 Å². The molecule has 0 aromatic rings. The van der Waals surface area contributed by atoms with E-state index in [4.69, 9.17) is 4.74 Å². The van der Waals surface area contributed by atoms with Crippen molar-refractivity contribution in [3.05, 3.63) is 0 Å². The van der Waals surface area contributed by atoms with E-state index in [1.165, 1.54) is 32.2 Å². The maximum atomic E-state index is 5.11. The Bertz CT molecular complexity index is 152. The Hall–Kier alpha value is -0.0800. The Balaban J connectivity index is 2.08.